The van der Waals surface area contributed by atoms with Gasteiger partial charge in [0.25, 0.3) is 0 Å². The molecule has 0 fully saturated rings. The molecule has 0 aromatic carbocycles. The molecule has 0 amide bonds. The lowest BCUT2D eigenvalue weighted by molar-refractivity contribution is -0.167. The Kier molecular flexibility index (Phi) is 56.0. The molecule has 0 bridgehead atoms. The smallest absolute Gasteiger partial charge is 0.306 e. The highest BCUT2D eigenvalue weighted by molar-refractivity contribution is 5.71. The lowest BCUT2D eigenvalue weighted by Gasteiger charge is -2.18. The van der Waals surface area contributed by atoms with Gasteiger partial charge < -0.3 is 14.2 Å². The molecule has 0 aliphatic carbocycles. The summed E-state index contributed by atoms with van der Waals surface area (Å²) in [6, 6.07) is 0. The van der Waals surface area contributed by atoms with Gasteiger partial charge in [-0.3, -0.25) is 14.4 Å². The van der Waals surface area contributed by atoms with Crippen molar-refractivity contribution in [2.75, 3.05) is 13.2 Å². The average molecular weight is 1010 g/mol. The monoisotopic (exact) mass is 1010 g/mol. The Morgan fingerprint density at radius 3 is 0.904 bits per heavy atom. The number of carbonyl (C=O) groups is 3. The maximum Gasteiger partial charge on any atom is 0.306 e. The zero-order valence-corrected chi connectivity index (χ0v) is 46.8. The van der Waals surface area contributed by atoms with E-state index in [0.29, 0.717) is 12.8 Å². The van der Waals surface area contributed by atoms with Crippen molar-refractivity contribution in [3.63, 3.8) is 0 Å². The minimum atomic E-state index is -0.817. The highest BCUT2D eigenvalue weighted by atomic mass is 16.6. The zero-order chi connectivity index (χ0) is 52.9. The first-order valence-electron chi connectivity index (χ1n) is 29.5. The Labute approximate surface area is 448 Å². The molecule has 0 saturated heterocycles. The van der Waals surface area contributed by atoms with E-state index in [9.17, 15) is 14.4 Å². The Morgan fingerprint density at radius 1 is 0.288 bits per heavy atom. The summed E-state index contributed by atoms with van der Waals surface area (Å²) in [4.78, 5) is 38.2. The van der Waals surface area contributed by atoms with Crippen LogP contribution in [0.15, 0.2) is 146 Å². The van der Waals surface area contributed by atoms with Crippen LogP contribution in [0.4, 0.5) is 0 Å². The van der Waals surface area contributed by atoms with Crippen molar-refractivity contribution in [1.29, 1.82) is 0 Å². The molecule has 0 N–H and O–H groups in total. The third kappa shape index (κ3) is 58.1. The van der Waals surface area contributed by atoms with Gasteiger partial charge in [-0.05, 0) is 57.8 Å². The Balaban J connectivity index is 4.56. The predicted octanol–water partition coefficient (Wildman–Crippen LogP) is 20.0. The van der Waals surface area contributed by atoms with Crippen LogP contribution in [0.25, 0.3) is 0 Å². The molecule has 0 aliphatic heterocycles. The number of unbranched alkanes of at least 4 members (excludes halogenated alkanes) is 26. The van der Waals surface area contributed by atoms with Crippen molar-refractivity contribution < 1.29 is 28.6 Å². The van der Waals surface area contributed by atoms with E-state index in [4.69, 9.17) is 14.2 Å². The van der Waals surface area contributed by atoms with Gasteiger partial charge in [0.15, 0.2) is 6.10 Å². The highest BCUT2D eigenvalue weighted by Crippen LogP contribution is 2.16. The van der Waals surface area contributed by atoms with E-state index in [-0.39, 0.29) is 37.5 Å². The van der Waals surface area contributed by atoms with Gasteiger partial charge in [0.2, 0.25) is 0 Å². The second-order valence-corrected chi connectivity index (χ2v) is 19.1. The first-order chi connectivity index (χ1) is 36.0. The van der Waals surface area contributed by atoms with Crippen molar-refractivity contribution in [3.8, 4) is 0 Å². The minimum absolute atomic E-state index is 0.108. The molecule has 1 unspecified atom stereocenters. The molecule has 6 heteroatoms. The Morgan fingerprint density at radius 2 is 0.562 bits per heavy atom. The molecule has 73 heavy (non-hydrogen) atoms. The summed E-state index contributed by atoms with van der Waals surface area (Å²) >= 11 is 0. The van der Waals surface area contributed by atoms with Crippen LogP contribution in [-0.2, 0) is 28.6 Å². The van der Waals surface area contributed by atoms with E-state index in [1.807, 2.05) is 97.2 Å². The van der Waals surface area contributed by atoms with Gasteiger partial charge >= 0.3 is 17.9 Å². The van der Waals surface area contributed by atoms with Crippen LogP contribution >= 0.6 is 0 Å². The first-order valence-corrected chi connectivity index (χ1v) is 29.5. The third-order valence-corrected chi connectivity index (χ3v) is 12.1. The molecule has 0 radical (unpaired) electrons. The van der Waals surface area contributed by atoms with Gasteiger partial charge in [0, 0.05) is 19.3 Å². The molecule has 0 heterocycles. The normalized spacial score (nSPS) is 13.2. The van der Waals surface area contributed by atoms with Crippen LogP contribution in [0.2, 0.25) is 0 Å². The molecule has 0 aromatic heterocycles. The Bertz CT molecular complexity index is 1630. The summed E-state index contributed by atoms with van der Waals surface area (Å²) in [6.45, 7) is 6.35. The molecular formula is C67H106O6. The summed E-state index contributed by atoms with van der Waals surface area (Å²) in [5, 5.41) is 0. The van der Waals surface area contributed by atoms with E-state index in [0.717, 1.165) is 96.3 Å². The maximum absolute atomic E-state index is 12.9. The first kappa shape index (κ1) is 68.3. The van der Waals surface area contributed by atoms with E-state index in [1.165, 1.54) is 103 Å². The lowest BCUT2D eigenvalue weighted by Crippen LogP contribution is -2.30. The third-order valence-electron chi connectivity index (χ3n) is 12.1. The summed E-state index contributed by atoms with van der Waals surface area (Å²) in [5.41, 5.74) is 0. The van der Waals surface area contributed by atoms with Crippen LogP contribution in [0, 0.1) is 0 Å². The van der Waals surface area contributed by atoms with Crippen LogP contribution in [-0.4, -0.2) is 37.2 Å². The fourth-order valence-electron chi connectivity index (χ4n) is 7.75. The van der Waals surface area contributed by atoms with Crippen molar-refractivity contribution in [1.82, 2.24) is 0 Å². The minimum Gasteiger partial charge on any atom is -0.462 e. The summed E-state index contributed by atoms with van der Waals surface area (Å²) < 4.78 is 16.8. The van der Waals surface area contributed by atoms with Crippen molar-refractivity contribution in [2.24, 2.45) is 0 Å². The zero-order valence-electron chi connectivity index (χ0n) is 46.8. The topological polar surface area (TPSA) is 78.9 Å². The number of allylic oxidation sites excluding steroid dienone is 24. The van der Waals surface area contributed by atoms with E-state index >= 15 is 0 Å². The number of ether oxygens (including phenoxy) is 3. The fraction of sp³-hybridized carbons (Fsp3) is 0.597. The summed E-state index contributed by atoms with van der Waals surface area (Å²) in [6.07, 6.45) is 85.4. The van der Waals surface area contributed by atoms with Gasteiger partial charge in [-0.15, -0.1) is 0 Å². The molecule has 0 saturated carbocycles. The van der Waals surface area contributed by atoms with Gasteiger partial charge in [-0.1, -0.05) is 308 Å². The molecular weight excluding hydrogens is 901 g/mol. The molecule has 0 spiro atoms. The maximum atomic E-state index is 12.9. The molecule has 0 aliphatic rings. The fourth-order valence-corrected chi connectivity index (χ4v) is 7.75. The summed E-state index contributed by atoms with van der Waals surface area (Å²) in [5.74, 6) is -0.981. The quantitative estimate of drug-likeness (QED) is 0.0261. The molecule has 1 atom stereocenters. The molecule has 410 valence electrons. The SMILES string of the molecule is CC\C=C/C=C\C=C/C=C\C=C\C=C/C=C\CCCCCC(=O)OCC(COC(=O)CCCCCCCCCCCCCCCCCCCC)OC(=O)CCCCCCC\C=C/C=C\C=C/C=C\C=C/CCC. The highest BCUT2D eigenvalue weighted by Gasteiger charge is 2.19. The lowest BCUT2D eigenvalue weighted by atomic mass is 10.0. The number of carbonyl (C=O) groups excluding carboxylic acids is 3. The largest absolute Gasteiger partial charge is 0.462 e. The number of esters is 3. The second kappa shape index (κ2) is 59.8. The van der Waals surface area contributed by atoms with Crippen LogP contribution in [0.3, 0.4) is 0 Å². The van der Waals surface area contributed by atoms with Gasteiger partial charge in [0.1, 0.15) is 13.2 Å². The average Bonchev–Trinajstić information content (AvgIpc) is 3.39. The van der Waals surface area contributed by atoms with Crippen LogP contribution in [0.1, 0.15) is 239 Å². The standard InChI is InChI=1S/C67H106O6/c1-4-7-10-13-16-19-22-25-28-31-34-37-39-42-45-48-51-54-57-60-66(69)72-63-64(73-67(70)61-58-55-52-49-46-43-40-36-33-30-27-24-21-18-15-12-9-6-3)62-71-65(68)59-56-53-50-47-44-41-38-35-32-29-26-23-20-17-14-11-8-5-2/h7,10,12-13,15-16,18-19,21-22,24-25,27-28,30-31,33-34,36-37,39-40,42,45,64H,4-6,8-9,11,14,17,20,23,26,29,32,35,38,41,43-44,46-63H2,1-3H3/b10-7-,15-12-,16-13-,21-18-,22-19-,27-24-,28-25-,33-30-,34-31+,39-37-,40-36-,45-42-. The molecule has 0 aromatic rings. The van der Waals surface area contributed by atoms with E-state index in [1.54, 1.807) is 0 Å². The molecule has 6 nitrogen and oxygen atoms in total. The second-order valence-electron chi connectivity index (χ2n) is 19.1. The van der Waals surface area contributed by atoms with Crippen LogP contribution < -0.4 is 0 Å². The van der Waals surface area contributed by atoms with Gasteiger partial charge in [-0.25, -0.2) is 0 Å². The van der Waals surface area contributed by atoms with E-state index in [2.05, 4.69) is 69.4 Å². The van der Waals surface area contributed by atoms with Crippen molar-refractivity contribution >= 4 is 17.9 Å². The Hall–Kier alpha value is -4.71. The van der Waals surface area contributed by atoms with Crippen molar-refractivity contribution in [2.45, 2.75) is 245 Å². The number of rotatable bonds is 51. The number of hydrogen-bond donors (Lipinski definition) is 0. The predicted molar refractivity (Wildman–Crippen MR) is 315 cm³/mol. The number of hydrogen-bond acceptors (Lipinski definition) is 6. The molecule has 0 rings (SSSR count). The van der Waals surface area contributed by atoms with Gasteiger partial charge in [-0.2, -0.15) is 0 Å². The van der Waals surface area contributed by atoms with Gasteiger partial charge in [0.05, 0.1) is 0 Å². The van der Waals surface area contributed by atoms with Crippen LogP contribution in [0.5, 0.6) is 0 Å². The van der Waals surface area contributed by atoms with Crippen molar-refractivity contribution in [3.05, 3.63) is 146 Å². The summed E-state index contributed by atoms with van der Waals surface area (Å²) in [7, 11) is 0. The van der Waals surface area contributed by atoms with E-state index < -0.39 is 6.10 Å².